The summed E-state index contributed by atoms with van der Waals surface area (Å²) in [6.45, 7) is 3.87. The van der Waals surface area contributed by atoms with Crippen molar-refractivity contribution in [1.82, 2.24) is 0 Å². The lowest BCUT2D eigenvalue weighted by Gasteiger charge is -2.21. The number of aliphatic hydroxyl groups excluding tert-OH is 1. The molecular weight excluding hydrogens is 345 g/mol. The third kappa shape index (κ3) is 6.33. The Bertz CT molecular complexity index is 660. The second kappa shape index (κ2) is 9.28. The van der Waals surface area contributed by atoms with E-state index in [1.165, 1.54) is 0 Å². The largest absolute Gasteiger partial charge is 0.457 e. The van der Waals surface area contributed by atoms with Crippen LogP contribution in [-0.4, -0.2) is 17.3 Å². The first kappa shape index (κ1) is 20.8. The number of halogens is 2. The Hall–Kier alpha value is -1.26. The van der Waals surface area contributed by atoms with E-state index in [-0.39, 0.29) is 19.0 Å². The second-order valence-corrected chi connectivity index (χ2v) is 6.74. The molecule has 24 heavy (non-hydrogen) atoms. The molecule has 1 atom stereocenters. The first-order chi connectivity index (χ1) is 10.9. The van der Waals surface area contributed by atoms with Crippen LogP contribution < -0.4 is 10.5 Å². The predicted molar refractivity (Wildman–Crippen MR) is 103 cm³/mol. The van der Waals surface area contributed by atoms with Crippen molar-refractivity contribution in [2.45, 2.75) is 38.6 Å². The van der Waals surface area contributed by atoms with Gasteiger partial charge < -0.3 is 15.6 Å². The van der Waals surface area contributed by atoms with Gasteiger partial charge in [-0.1, -0.05) is 29.8 Å². The molecule has 0 aliphatic heterocycles. The number of ether oxygens (including phenoxy) is 1. The molecule has 0 amide bonds. The van der Waals surface area contributed by atoms with Crippen LogP contribution in [0.1, 0.15) is 30.9 Å². The SMILES string of the molecule is Cc1cccc(Oc2ccc(CCC[C@@](C)(N)CO)c(Cl)c2)c1.Cl. The van der Waals surface area contributed by atoms with Crippen molar-refractivity contribution < 1.29 is 9.84 Å². The van der Waals surface area contributed by atoms with E-state index in [1.807, 2.05) is 56.3 Å². The van der Waals surface area contributed by atoms with Gasteiger partial charge >= 0.3 is 0 Å². The van der Waals surface area contributed by atoms with Crippen LogP contribution in [0, 0.1) is 6.92 Å². The number of hydrogen-bond acceptors (Lipinski definition) is 3. The van der Waals surface area contributed by atoms with E-state index in [0.29, 0.717) is 5.02 Å². The van der Waals surface area contributed by atoms with Gasteiger partial charge in [-0.15, -0.1) is 12.4 Å². The van der Waals surface area contributed by atoms with Crippen LogP contribution in [0.25, 0.3) is 0 Å². The molecule has 0 bridgehead atoms. The molecule has 0 saturated carbocycles. The second-order valence-electron chi connectivity index (χ2n) is 6.34. The summed E-state index contributed by atoms with van der Waals surface area (Å²) in [4.78, 5) is 0. The lowest BCUT2D eigenvalue weighted by Crippen LogP contribution is -2.40. The molecular formula is C19H25Cl2NO2. The summed E-state index contributed by atoms with van der Waals surface area (Å²) in [5.41, 5.74) is 7.63. The number of aliphatic hydroxyl groups is 1. The molecule has 132 valence electrons. The Morgan fingerprint density at radius 3 is 2.50 bits per heavy atom. The minimum atomic E-state index is -0.527. The molecule has 2 aromatic carbocycles. The van der Waals surface area contributed by atoms with E-state index >= 15 is 0 Å². The van der Waals surface area contributed by atoms with Gasteiger partial charge in [0, 0.05) is 10.6 Å². The van der Waals surface area contributed by atoms with Gasteiger partial charge in [0.1, 0.15) is 11.5 Å². The van der Waals surface area contributed by atoms with Crippen LogP contribution in [0.15, 0.2) is 42.5 Å². The zero-order chi connectivity index (χ0) is 16.9. The summed E-state index contributed by atoms with van der Waals surface area (Å²) in [6.07, 6.45) is 2.46. The Balaban J connectivity index is 0.00000288. The van der Waals surface area contributed by atoms with Crippen LogP contribution >= 0.6 is 24.0 Å². The van der Waals surface area contributed by atoms with Gasteiger partial charge in [-0.05, 0) is 68.5 Å². The van der Waals surface area contributed by atoms with Crippen molar-refractivity contribution in [1.29, 1.82) is 0 Å². The highest BCUT2D eigenvalue weighted by Crippen LogP contribution is 2.28. The van der Waals surface area contributed by atoms with Crippen molar-refractivity contribution in [2.75, 3.05) is 6.61 Å². The number of hydrogen-bond donors (Lipinski definition) is 2. The normalized spacial score (nSPS) is 13.0. The maximum Gasteiger partial charge on any atom is 0.128 e. The monoisotopic (exact) mass is 369 g/mol. The first-order valence-corrected chi connectivity index (χ1v) is 8.20. The van der Waals surface area contributed by atoms with Crippen LogP contribution in [0.4, 0.5) is 0 Å². The lowest BCUT2D eigenvalue weighted by molar-refractivity contribution is 0.198. The molecule has 0 spiro atoms. The molecule has 2 rings (SSSR count). The summed E-state index contributed by atoms with van der Waals surface area (Å²) in [6, 6.07) is 13.7. The van der Waals surface area contributed by atoms with Gasteiger partial charge in [-0.3, -0.25) is 0 Å². The molecule has 0 radical (unpaired) electrons. The predicted octanol–water partition coefficient (Wildman–Crippen LogP) is 4.89. The maximum atomic E-state index is 9.17. The summed E-state index contributed by atoms with van der Waals surface area (Å²) in [5, 5.41) is 9.87. The fourth-order valence-electron chi connectivity index (χ4n) is 2.37. The number of benzene rings is 2. The molecule has 0 unspecified atom stereocenters. The van der Waals surface area contributed by atoms with Crippen LogP contribution in [-0.2, 0) is 6.42 Å². The average Bonchev–Trinajstić information content (AvgIpc) is 2.49. The topological polar surface area (TPSA) is 55.5 Å². The summed E-state index contributed by atoms with van der Waals surface area (Å²) in [5.74, 6) is 1.53. The fourth-order valence-corrected chi connectivity index (χ4v) is 2.64. The molecule has 3 N–H and O–H groups in total. The van der Waals surface area contributed by atoms with Gasteiger partial charge in [0.15, 0.2) is 0 Å². The minimum Gasteiger partial charge on any atom is -0.457 e. The summed E-state index contributed by atoms with van der Waals surface area (Å²) < 4.78 is 5.83. The van der Waals surface area contributed by atoms with Crippen molar-refractivity contribution in [2.24, 2.45) is 5.73 Å². The molecule has 0 aromatic heterocycles. The molecule has 0 aliphatic rings. The van der Waals surface area contributed by atoms with E-state index in [0.717, 1.165) is 41.9 Å². The molecule has 0 aliphatic carbocycles. The van der Waals surface area contributed by atoms with E-state index in [2.05, 4.69) is 0 Å². The highest BCUT2D eigenvalue weighted by Gasteiger charge is 2.16. The van der Waals surface area contributed by atoms with Gasteiger partial charge in [0.05, 0.1) is 6.61 Å². The zero-order valence-electron chi connectivity index (χ0n) is 14.1. The Morgan fingerprint density at radius 1 is 1.17 bits per heavy atom. The standard InChI is InChI=1S/C19H24ClNO2.ClH/c1-14-5-3-7-16(11-14)23-17-9-8-15(18(20)12-17)6-4-10-19(2,21)13-22;/h3,5,7-9,11-12,22H,4,6,10,13,21H2,1-2H3;1H/t19-;/m1./s1. The Morgan fingerprint density at radius 2 is 1.88 bits per heavy atom. The van der Waals surface area contributed by atoms with Crippen molar-refractivity contribution in [3.05, 3.63) is 58.6 Å². The lowest BCUT2D eigenvalue weighted by atomic mass is 9.95. The van der Waals surface area contributed by atoms with Gasteiger partial charge in [-0.2, -0.15) is 0 Å². The third-order valence-electron chi connectivity index (χ3n) is 3.80. The quantitative estimate of drug-likeness (QED) is 0.729. The molecule has 5 heteroatoms. The Labute approximate surface area is 155 Å². The maximum absolute atomic E-state index is 9.17. The minimum absolute atomic E-state index is 0. The Kier molecular flexibility index (Phi) is 8.04. The van der Waals surface area contributed by atoms with E-state index in [1.54, 1.807) is 0 Å². The number of aryl methyl sites for hydroxylation is 2. The molecule has 0 saturated heterocycles. The van der Waals surface area contributed by atoms with Gasteiger partial charge in [0.2, 0.25) is 0 Å². The highest BCUT2D eigenvalue weighted by molar-refractivity contribution is 6.31. The van der Waals surface area contributed by atoms with Crippen LogP contribution in [0.5, 0.6) is 11.5 Å². The van der Waals surface area contributed by atoms with E-state index in [9.17, 15) is 5.11 Å². The van der Waals surface area contributed by atoms with Crippen LogP contribution in [0.2, 0.25) is 5.02 Å². The van der Waals surface area contributed by atoms with Crippen molar-refractivity contribution >= 4 is 24.0 Å². The number of rotatable bonds is 7. The zero-order valence-corrected chi connectivity index (χ0v) is 15.7. The first-order valence-electron chi connectivity index (χ1n) is 7.82. The average molecular weight is 370 g/mol. The smallest absolute Gasteiger partial charge is 0.128 e. The summed E-state index contributed by atoms with van der Waals surface area (Å²) >= 11 is 6.35. The number of nitrogens with two attached hydrogens (primary N) is 1. The van der Waals surface area contributed by atoms with E-state index in [4.69, 9.17) is 22.1 Å². The van der Waals surface area contributed by atoms with Gasteiger partial charge in [0.25, 0.3) is 0 Å². The molecule has 0 heterocycles. The van der Waals surface area contributed by atoms with Crippen LogP contribution in [0.3, 0.4) is 0 Å². The molecule has 2 aromatic rings. The van der Waals surface area contributed by atoms with Gasteiger partial charge in [-0.25, -0.2) is 0 Å². The van der Waals surface area contributed by atoms with Crippen molar-refractivity contribution in [3.63, 3.8) is 0 Å². The fraction of sp³-hybridized carbons (Fsp3) is 0.368. The highest BCUT2D eigenvalue weighted by atomic mass is 35.5. The molecule has 3 nitrogen and oxygen atoms in total. The van der Waals surface area contributed by atoms with Crippen molar-refractivity contribution in [3.8, 4) is 11.5 Å². The van der Waals surface area contributed by atoms with E-state index < -0.39 is 5.54 Å². The molecule has 0 fully saturated rings. The third-order valence-corrected chi connectivity index (χ3v) is 4.16. The summed E-state index contributed by atoms with van der Waals surface area (Å²) in [7, 11) is 0.